The Balaban J connectivity index is 1.72. The van der Waals surface area contributed by atoms with Crippen molar-refractivity contribution in [1.29, 1.82) is 0 Å². The molecule has 0 bridgehead atoms. The van der Waals surface area contributed by atoms with Crippen molar-refractivity contribution in [2.75, 3.05) is 7.11 Å². The van der Waals surface area contributed by atoms with E-state index in [1.165, 1.54) is 17.6 Å². The Bertz CT molecular complexity index is 1170. The van der Waals surface area contributed by atoms with Gasteiger partial charge in [0.1, 0.15) is 0 Å². The summed E-state index contributed by atoms with van der Waals surface area (Å²) in [5.41, 5.74) is 4.05. The van der Waals surface area contributed by atoms with Crippen LogP contribution in [0.2, 0.25) is 5.02 Å². The van der Waals surface area contributed by atoms with Crippen molar-refractivity contribution in [2.24, 2.45) is 5.41 Å². The lowest BCUT2D eigenvalue weighted by Gasteiger charge is -2.39. The second kappa shape index (κ2) is 9.32. The highest BCUT2D eigenvalue weighted by atomic mass is 35.5. The summed E-state index contributed by atoms with van der Waals surface area (Å²) in [7, 11) is 1.39. The minimum atomic E-state index is -0.393. The van der Waals surface area contributed by atoms with Crippen LogP contribution in [0.3, 0.4) is 0 Å². The van der Waals surface area contributed by atoms with E-state index in [-0.39, 0.29) is 11.2 Å². The number of halogens is 1. The van der Waals surface area contributed by atoms with E-state index in [1.807, 2.05) is 31.2 Å². The summed E-state index contributed by atoms with van der Waals surface area (Å²) in [5, 5.41) is 4.09. The van der Waals surface area contributed by atoms with E-state index in [4.69, 9.17) is 16.3 Å². The Kier molecular flexibility index (Phi) is 6.81. The summed E-state index contributed by atoms with van der Waals surface area (Å²) in [6, 6.07) is 9.98. The second-order valence-electron chi connectivity index (χ2n) is 9.39. The lowest BCUT2D eigenvalue weighted by Crippen LogP contribution is -2.38. The van der Waals surface area contributed by atoms with E-state index >= 15 is 0 Å². The zero-order valence-corrected chi connectivity index (χ0v) is 21.9. The van der Waals surface area contributed by atoms with Gasteiger partial charge in [0.05, 0.1) is 18.6 Å². The van der Waals surface area contributed by atoms with Crippen LogP contribution in [0.5, 0.6) is 0 Å². The molecule has 0 radical (unpaired) electrons. The van der Waals surface area contributed by atoms with E-state index in [0.717, 1.165) is 43.9 Å². The average molecular weight is 502 g/mol. The molecule has 1 aliphatic carbocycles. The quantitative estimate of drug-likeness (QED) is 0.361. The molecule has 1 aromatic heterocycles. The standard InChI is InChI=1S/C26H28ClNO3S2/c1-14-22(25(30)31-5)24(23-19(28-14)11-26(3,4)12-20(23)29)21-10-16(15(2)33-21)13-32-18-8-6-17(27)7-9-18/h6-10,24,28H,11-13H2,1-5H3/t24-/m0/s1. The molecule has 33 heavy (non-hydrogen) atoms. The Morgan fingerprint density at radius 2 is 1.94 bits per heavy atom. The fourth-order valence-corrected chi connectivity index (χ4v) is 6.96. The number of hydrogen-bond donors (Lipinski definition) is 1. The third-order valence-electron chi connectivity index (χ3n) is 6.18. The number of Topliss-reactive ketones (excluding diaryl/α,β-unsaturated/α-hetero) is 1. The second-order valence-corrected chi connectivity index (χ2v) is 12.2. The number of aryl methyl sites for hydroxylation is 1. The van der Waals surface area contributed by atoms with Crippen molar-refractivity contribution in [2.45, 2.75) is 57.1 Å². The SMILES string of the molecule is COC(=O)C1=C(C)NC2=C(C(=O)CC(C)(C)C2)[C@H]1c1cc(CSc2ccc(Cl)cc2)c(C)s1. The molecule has 4 rings (SSSR count). The van der Waals surface area contributed by atoms with E-state index in [9.17, 15) is 9.59 Å². The molecule has 0 amide bonds. The van der Waals surface area contributed by atoms with Gasteiger partial charge >= 0.3 is 5.97 Å². The van der Waals surface area contributed by atoms with Crippen LogP contribution >= 0.6 is 34.7 Å². The third-order valence-corrected chi connectivity index (χ3v) is 8.65. The average Bonchev–Trinajstić information content (AvgIpc) is 3.11. The van der Waals surface area contributed by atoms with E-state index in [1.54, 1.807) is 23.1 Å². The number of allylic oxidation sites excluding steroid dienone is 3. The highest BCUT2D eigenvalue weighted by Crippen LogP contribution is 2.48. The van der Waals surface area contributed by atoms with Crippen molar-refractivity contribution >= 4 is 46.5 Å². The van der Waals surface area contributed by atoms with Gasteiger partial charge in [0.25, 0.3) is 0 Å². The fourth-order valence-electron chi connectivity index (χ4n) is 4.62. The first-order chi connectivity index (χ1) is 15.6. The largest absolute Gasteiger partial charge is 0.466 e. The molecular formula is C26H28ClNO3S2. The van der Waals surface area contributed by atoms with Crippen LogP contribution in [-0.4, -0.2) is 18.9 Å². The molecule has 0 spiro atoms. The number of dihydropyridines is 1. The molecule has 0 unspecified atom stereocenters. The number of ketones is 1. The first-order valence-electron chi connectivity index (χ1n) is 10.9. The third kappa shape index (κ3) is 4.93. The van der Waals surface area contributed by atoms with E-state index < -0.39 is 11.9 Å². The van der Waals surface area contributed by atoms with Crippen LogP contribution in [0.25, 0.3) is 0 Å². The summed E-state index contributed by atoms with van der Waals surface area (Å²) in [6.45, 7) is 8.22. The zero-order chi connectivity index (χ0) is 23.9. The number of benzene rings is 1. The highest BCUT2D eigenvalue weighted by Gasteiger charge is 2.43. The molecule has 2 aliphatic rings. The maximum atomic E-state index is 13.3. The molecule has 7 heteroatoms. The first kappa shape index (κ1) is 24.1. The highest BCUT2D eigenvalue weighted by molar-refractivity contribution is 7.98. The van der Waals surface area contributed by atoms with Crippen LogP contribution < -0.4 is 5.32 Å². The summed E-state index contributed by atoms with van der Waals surface area (Å²) >= 11 is 9.41. The molecule has 1 N–H and O–H groups in total. The topological polar surface area (TPSA) is 55.4 Å². The zero-order valence-electron chi connectivity index (χ0n) is 19.5. The van der Waals surface area contributed by atoms with Crippen LogP contribution in [0.4, 0.5) is 0 Å². The van der Waals surface area contributed by atoms with Gasteiger partial charge in [-0.05, 0) is 61.6 Å². The van der Waals surface area contributed by atoms with Gasteiger partial charge in [-0.25, -0.2) is 4.79 Å². The number of methoxy groups -OCH3 is 1. The Morgan fingerprint density at radius 1 is 1.24 bits per heavy atom. The Hall–Kier alpha value is -2.02. The number of nitrogens with one attached hydrogen (secondary N) is 1. The van der Waals surface area contributed by atoms with E-state index in [0.29, 0.717) is 12.0 Å². The van der Waals surface area contributed by atoms with Crippen molar-refractivity contribution in [1.82, 2.24) is 5.32 Å². The van der Waals surface area contributed by atoms with Crippen molar-refractivity contribution in [3.8, 4) is 0 Å². The molecule has 2 aromatic rings. The molecule has 0 fully saturated rings. The van der Waals surface area contributed by atoms with Gasteiger partial charge in [0, 0.05) is 48.8 Å². The van der Waals surface area contributed by atoms with Crippen LogP contribution in [0.15, 0.2) is 57.8 Å². The summed E-state index contributed by atoms with van der Waals surface area (Å²) in [6.07, 6.45) is 1.25. The number of carbonyl (C=O) groups is 2. The number of thiophene rings is 1. The Morgan fingerprint density at radius 3 is 2.61 bits per heavy atom. The number of hydrogen-bond acceptors (Lipinski definition) is 6. The molecule has 2 heterocycles. The first-order valence-corrected chi connectivity index (χ1v) is 13.1. The smallest absolute Gasteiger partial charge is 0.336 e. The molecule has 1 aromatic carbocycles. The predicted molar refractivity (Wildman–Crippen MR) is 136 cm³/mol. The lowest BCUT2D eigenvalue weighted by molar-refractivity contribution is -0.136. The van der Waals surface area contributed by atoms with Gasteiger partial charge in [-0.3, -0.25) is 4.79 Å². The van der Waals surface area contributed by atoms with Gasteiger partial charge in [-0.2, -0.15) is 0 Å². The summed E-state index contributed by atoms with van der Waals surface area (Å²) < 4.78 is 5.14. The van der Waals surface area contributed by atoms with Gasteiger partial charge in [-0.15, -0.1) is 23.1 Å². The van der Waals surface area contributed by atoms with Crippen LogP contribution in [-0.2, 0) is 20.1 Å². The summed E-state index contributed by atoms with van der Waals surface area (Å²) in [4.78, 5) is 29.5. The van der Waals surface area contributed by atoms with Gasteiger partial charge in [0.15, 0.2) is 5.78 Å². The normalized spacial score (nSPS) is 19.9. The molecule has 0 saturated heterocycles. The molecule has 4 nitrogen and oxygen atoms in total. The number of ether oxygens (including phenoxy) is 1. The molecular weight excluding hydrogens is 474 g/mol. The number of carbonyl (C=O) groups excluding carboxylic acids is 2. The molecule has 174 valence electrons. The van der Waals surface area contributed by atoms with Crippen molar-refractivity contribution in [3.05, 3.63) is 73.2 Å². The lowest BCUT2D eigenvalue weighted by atomic mass is 9.70. The van der Waals surface area contributed by atoms with Crippen LogP contribution in [0, 0.1) is 12.3 Å². The minimum Gasteiger partial charge on any atom is -0.466 e. The molecule has 1 aliphatic heterocycles. The van der Waals surface area contributed by atoms with Crippen LogP contribution in [0.1, 0.15) is 54.8 Å². The monoisotopic (exact) mass is 501 g/mol. The maximum Gasteiger partial charge on any atom is 0.336 e. The minimum absolute atomic E-state index is 0.107. The van der Waals surface area contributed by atoms with Crippen molar-refractivity contribution < 1.29 is 14.3 Å². The predicted octanol–water partition coefficient (Wildman–Crippen LogP) is 6.78. The van der Waals surface area contributed by atoms with E-state index in [2.05, 4.69) is 32.2 Å². The number of esters is 1. The van der Waals surface area contributed by atoms with Crippen molar-refractivity contribution in [3.63, 3.8) is 0 Å². The fraction of sp³-hybridized carbons (Fsp3) is 0.385. The summed E-state index contributed by atoms with van der Waals surface area (Å²) in [5.74, 6) is 0.126. The number of rotatable bonds is 5. The van der Waals surface area contributed by atoms with Gasteiger partial charge in [-0.1, -0.05) is 25.4 Å². The number of thioether (sulfide) groups is 1. The van der Waals surface area contributed by atoms with Gasteiger partial charge in [0.2, 0.25) is 0 Å². The molecule has 0 saturated carbocycles. The van der Waals surface area contributed by atoms with Gasteiger partial charge < -0.3 is 10.1 Å². The Labute approximate surface area is 208 Å². The molecule has 1 atom stereocenters. The maximum absolute atomic E-state index is 13.3.